The highest BCUT2D eigenvalue weighted by Crippen LogP contribution is 2.40. The van der Waals surface area contributed by atoms with E-state index in [-0.39, 0.29) is 5.82 Å². The molecule has 5 heteroatoms. The molecular weight excluding hydrogens is 257 g/mol. The summed E-state index contributed by atoms with van der Waals surface area (Å²) in [5, 5.41) is 10.2. The first-order chi connectivity index (χ1) is 9.79. The second-order valence-corrected chi connectivity index (χ2v) is 5.32. The van der Waals surface area contributed by atoms with E-state index in [4.69, 9.17) is 4.52 Å². The second kappa shape index (κ2) is 4.44. The SMILES string of the molecule is Fc1ccc2c(c1)N(/N=C/c1cc(C3CC3)on1)CC2. The van der Waals surface area contributed by atoms with Crippen LogP contribution in [-0.2, 0) is 6.42 Å². The van der Waals surface area contributed by atoms with Gasteiger partial charge >= 0.3 is 0 Å². The number of nitrogens with zero attached hydrogens (tertiary/aromatic N) is 3. The summed E-state index contributed by atoms with van der Waals surface area (Å²) in [6, 6.07) is 6.77. The molecule has 0 radical (unpaired) electrons. The van der Waals surface area contributed by atoms with Gasteiger partial charge in [-0.3, -0.25) is 5.01 Å². The first-order valence-electron chi connectivity index (χ1n) is 6.86. The van der Waals surface area contributed by atoms with Crippen LogP contribution in [0.5, 0.6) is 0 Å². The van der Waals surface area contributed by atoms with Crippen molar-refractivity contribution in [1.82, 2.24) is 5.16 Å². The molecule has 2 heterocycles. The fraction of sp³-hybridized carbons (Fsp3) is 0.333. The Balaban J connectivity index is 1.54. The maximum Gasteiger partial charge on any atom is 0.140 e. The molecule has 2 aliphatic rings. The molecule has 1 aromatic heterocycles. The monoisotopic (exact) mass is 271 g/mol. The van der Waals surface area contributed by atoms with E-state index in [1.165, 1.54) is 25.0 Å². The molecule has 0 amide bonds. The summed E-state index contributed by atoms with van der Waals surface area (Å²) in [4.78, 5) is 0. The number of fused-ring (bicyclic) bond motifs is 1. The Morgan fingerprint density at radius 3 is 3.10 bits per heavy atom. The zero-order chi connectivity index (χ0) is 13.5. The molecule has 0 spiro atoms. The molecule has 2 aromatic rings. The summed E-state index contributed by atoms with van der Waals surface area (Å²) in [7, 11) is 0. The van der Waals surface area contributed by atoms with Gasteiger partial charge in [-0.1, -0.05) is 11.2 Å². The van der Waals surface area contributed by atoms with Crippen molar-refractivity contribution in [3.63, 3.8) is 0 Å². The minimum Gasteiger partial charge on any atom is -0.360 e. The van der Waals surface area contributed by atoms with Crippen LogP contribution in [0.25, 0.3) is 0 Å². The Morgan fingerprint density at radius 2 is 2.25 bits per heavy atom. The van der Waals surface area contributed by atoms with Crippen LogP contribution in [0, 0.1) is 5.82 Å². The number of halogens is 1. The number of hydrazone groups is 1. The molecule has 0 atom stereocenters. The van der Waals surface area contributed by atoms with E-state index in [2.05, 4.69) is 10.3 Å². The first-order valence-corrected chi connectivity index (χ1v) is 6.86. The van der Waals surface area contributed by atoms with E-state index in [1.54, 1.807) is 6.21 Å². The van der Waals surface area contributed by atoms with Crippen molar-refractivity contribution in [2.45, 2.75) is 25.2 Å². The van der Waals surface area contributed by atoms with E-state index in [0.717, 1.165) is 35.7 Å². The molecule has 0 bridgehead atoms. The van der Waals surface area contributed by atoms with E-state index < -0.39 is 0 Å². The van der Waals surface area contributed by atoms with E-state index >= 15 is 0 Å². The lowest BCUT2D eigenvalue weighted by atomic mass is 10.2. The average Bonchev–Trinajstić information content (AvgIpc) is 3.06. The first kappa shape index (κ1) is 11.6. The minimum atomic E-state index is -0.233. The summed E-state index contributed by atoms with van der Waals surface area (Å²) < 4.78 is 18.6. The molecule has 1 aliphatic heterocycles. The highest BCUT2D eigenvalue weighted by atomic mass is 19.1. The lowest BCUT2D eigenvalue weighted by Crippen LogP contribution is -2.12. The van der Waals surface area contributed by atoms with Crippen LogP contribution in [-0.4, -0.2) is 17.9 Å². The zero-order valence-electron chi connectivity index (χ0n) is 10.9. The Labute approximate surface area is 115 Å². The maximum absolute atomic E-state index is 13.3. The van der Waals surface area contributed by atoms with Gasteiger partial charge in [-0.25, -0.2) is 4.39 Å². The Kier molecular flexibility index (Phi) is 2.58. The predicted molar refractivity (Wildman–Crippen MR) is 73.5 cm³/mol. The zero-order valence-corrected chi connectivity index (χ0v) is 10.9. The quantitative estimate of drug-likeness (QED) is 0.805. The third kappa shape index (κ3) is 2.09. The topological polar surface area (TPSA) is 41.6 Å². The number of anilines is 1. The Hall–Kier alpha value is -2.17. The van der Waals surface area contributed by atoms with Crippen LogP contribution < -0.4 is 5.01 Å². The van der Waals surface area contributed by atoms with Crippen molar-refractivity contribution in [3.8, 4) is 0 Å². The third-order valence-electron chi connectivity index (χ3n) is 3.77. The van der Waals surface area contributed by atoms with Gasteiger partial charge in [0.15, 0.2) is 0 Å². The van der Waals surface area contributed by atoms with Crippen LogP contribution in [0.3, 0.4) is 0 Å². The van der Waals surface area contributed by atoms with Gasteiger partial charge in [0.25, 0.3) is 0 Å². The molecule has 4 nitrogen and oxygen atoms in total. The molecule has 20 heavy (non-hydrogen) atoms. The van der Waals surface area contributed by atoms with Crippen LogP contribution in [0.1, 0.15) is 35.8 Å². The van der Waals surface area contributed by atoms with Crippen molar-refractivity contribution in [2.75, 3.05) is 11.6 Å². The van der Waals surface area contributed by atoms with Crippen molar-refractivity contribution < 1.29 is 8.91 Å². The molecule has 1 fully saturated rings. The predicted octanol–water partition coefficient (Wildman–Crippen LogP) is 3.09. The lowest BCUT2D eigenvalue weighted by molar-refractivity contribution is 0.383. The fourth-order valence-electron chi connectivity index (χ4n) is 2.51. The number of rotatable bonds is 3. The number of aromatic nitrogens is 1. The molecule has 0 unspecified atom stereocenters. The normalized spacial score (nSPS) is 17.9. The van der Waals surface area contributed by atoms with E-state index in [0.29, 0.717) is 5.92 Å². The summed E-state index contributed by atoms with van der Waals surface area (Å²) >= 11 is 0. The summed E-state index contributed by atoms with van der Waals surface area (Å²) in [5.41, 5.74) is 2.69. The molecule has 1 aliphatic carbocycles. The maximum atomic E-state index is 13.3. The summed E-state index contributed by atoms with van der Waals surface area (Å²) in [6.45, 7) is 0.766. The second-order valence-electron chi connectivity index (χ2n) is 5.32. The largest absolute Gasteiger partial charge is 0.360 e. The molecule has 1 saturated carbocycles. The average molecular weight is 271 g/mol. The third-order valence-corrected chi connectivity index (χ3v) is 3.77. The van der Waals surface area contributed by atoms with Gasteiger partial charge in [0.05, 0.1) is 11.9 Å². The van der Waals surface area contributed by atoms with Gasteiger partial charge in [0.2, 0.25) is 0 Å². The molecule has 0 N–H and O–H groups in total. The number of hydrogen-bond acceptors (Lipinski definition) is 4. The molecule has 102 valence electrons. The molecule has 4 rings (SSSR count). The lowest BCUT2D eigenvalue weighted by Gasteiger charge is -2.11. The van der Waals surface area contributed by atoms with Gasteiger partial charge in [-0.05, 0) is 37.0 Å². The molecule has 1 aromatic carbocycles. The van der Waals surface area contributed by atoms with Crippen molar-refractivity contribution >= 4 is 11.9 Å². The van der Waals surface area contributed by atoms with Crippen molar-refractivity contribution in [1.29, 1.82) is 0 Å². The van der Waals surface area contributed by atoms with Gasteiger partial charge in [0.1, 0.15) is 17.3 Å². The summed E-state index contributed by atoms with van der Waals surface area (Å²) in [6.07, 6.45) is 4.93. The van der Waals surface area contributed by atoms with Crippen LogP contribution in [0.15, 0.2) is 33.9 Å². The number of hydrogen-bond donors (Lipinski definition) is 0. The molecular formula is C15H14FN3O. The van der Waals surface area contributed by atoms with Crippen LogP contribution in [0.4, 0.5) is 10.1 Å². The highest BCUT2D eigenvalue weighted by molar-refractivity contribution is 5.78. The smallest absolute Gasteiger partial charge is 0.140 e. The molecule has 0 saturated heterocycles. The Bertz CT molecular complexity index is 676. The van der Waals surface area contributed by atoms with Crippen molar-refractivity contribution in [3.05, 3.63) is 47.1 Å². The van der Waals surface area contributed by atoms with Crippen LogP contribution in [0.2, 0.25) is 0 Å². The number of benzene rings is 1. The summed E-state index contributed by atoms with van der Waals surface area (Å²) in [5.74, 6) is 1.26. The fourth-order valence-corrected chi connectivity index (χ4v) is 2.51. The van der Waals surface area contributed by atoms with Gasteiger partial charge in [0, 0.05) is 18.5 Å². The Morgan fingerprint density at radius 1 is 1.35 bits per heavy atom. The highest BCUT2D eigenvalue weighted by Gasteiger charge is 2.27. The van der Waals surface area contributed by atoms with Gasteiger partial charge in [-0.15, -0.1) is 0 Å². The van der Waals surface area contributed by atoms with Crippen molar-refractivity contribution in [2.24, 2.45) is 5.10 Å². The van der Waals surface area contributed by atoms with E-state index in [9.17, 15) is 4.39 Å². The van der Waals surface area contributed by atoms with Gasteiger partial charge in [-0.2, -0.15) is 5.10 Å². The van der Waals surface area contributed by atoms with E-state index in [1.807, 2.05) is 17.1 Å². The van der Waals surface area contributed by atoms with Gasteiger partial charge < -0.3 is 4.52 Å². The standard InChI is InChI=1S/C15H14FN3O/c16-12-4-3-10-5-6-19(14(10)7-12)17-9-13-8-15(20-18-13)11-1-2-11/h3-4,7-9,11H,1-2,5-6H2/b17-9+. The van der Waals surface area contributed by atoms with Crippen LogP contribution >= 0.6 is 0 Å². The minimum absolute atomic E-state index is 0.233.